The summed E-state index contributed by atoms with van der Waals surface area (Å²) in [5.74, 6) is 0.159. The molecule has 1 N–H and O–H groups in total. The van der Waals surface area contributed by atoms with E-state index < -0.39 is 0 Å². The van der Waals surface area contributed by atoms with Gasteiger partial charge >= 0.3 is 0 Å². The van der Waals surface area contributed by atoms with Crippen LogP contribution in [0.15, 0.2) is 59.4 Å². The molecular weight excluding hydrogens is 216 g/mol. The molecule has 0 atom stereocenters. The minimum atomic E-state index is -0.249. The van der Waals surface area contributed by atoms with E-state index in [-0.39, 0.29) is 16.9 Å². The van der Waals surface area contributed by atoms with Crippen LogP contribution in [-0.2, 0) is 6.61 Å². The molecule has 17 heavy (non-hydrogen) atoms. The highest BCUT2D eigenvalue weighted by Crippen LogP contribution is 2.13. The predicted octanol–water partition coefficient (Wildman–Crippen LogP) is 2.33. The minimum absolute atomic E-state index is 0.00941. The Bertz CT molecular complexity index is 550. The molecule has 0 aliphatic rings. The highest BCUT2D eigenvalue weighted by Gasteiger charge is 2.00. The topological polar surface area (TPSA) is 46.5 Å². The van der Waals surface area contributed by atoms with Crippen molar-refractivity contribution in [1.29, 1.82) is 0 Å². The first-order valence-corrected chi connectivity index (χ1v) is 5.26. The van der Waals surface area contributed by atoms with E-state index in [2.05, 4.69) is 0 Å². The normalized spacial score (nSPS) is 9.88. The van der Waals surface area contributed by atoms with E-state index in [0.29, 0.717) is 6.61 Å². The van der Waals surface area contributed by atoms with E-state index >= 15 is 0 Å². The number of benzene rings is 1. The first-order valence-electron chi connectivity index (χ1n) is 5.26. The molecule has 0 saturated carbocycles. The lowest BCUT2D eigenvalue weighted by molar-refractivity contribution is 0.302. The van der Waals surface area contributed by atoms with Gasteiger partial charge in [-0.1, -0.05) is 36.4 Å². The highest BCUT2D eigenvalue weighted by molar-refractivity contribution is 5.30. The van der Waals surface area contributed by atoms with Crippen LogP contribution in [0.25, 0.3) is 0 Å². The van der Waals surface area contributed by atoms with Crippen molar-refractivity contribution in [2.24, 2.45) is 0 Å². The van der Waals surface area contributed by atoms with Crippen molar-refractivity contribution in [2.75, 3.05) is 0 Å². The number of hydrogen-bond donors (Lipinski definition) is 1. The van der Waals surface area contributed by atoms with Crippen molar-refractivity contribution in [3.8, 4) is 11.5 Å². The molecular formula is C14H12O3. The molecule has 0 heterocycles. The molecule has 0 saturated heterocycles. The lowest BCUT2D eigenvalue weighted by Gasteiger charge is -2.03. The summed E-state index contributed by atoms with van der Waals surface area (Å²) < 4.78 is 5.39. The molecule has 0 spiro atoms. The molecule has 2 rings (SSSR count). The zero-order valence-electron chi connectivity index (χ0n) is 9.17. The van der Waals surface area contributed by atoms with Crippen molar-refractivity contribution in [3.63, 3.8) is 0 Å². The first kappa shape index (κ1) is 11.2. The largest absolute Gasteiger partial charge is 0.508 e. The molecule has 3 heteroatoms. The maximum atomic E-state index is 11.6. The summed E-state index contributed by atoms with van der Waals surface area (Å²) in [6, 6.07) is 15.2. The fraction of sp³-hybridized carbons (Fsp3) is 0.0714. The van der Waals surface area contributed by atoms with Crippen LogP contribution in [0.4, 0.5) is 0 Å². The van der Waals surface area contributed by atoms with Crippen molar-refractivity contribution < 1.29 is 9.84 Å². The molecule has 0 bridgehead atoms. The Labute approximate surface area is 98.9 Å². The average molecular weight is 228 g/mol. The van der Waals surface area contributed by atoms with Crippen molar-refractivity contribution in [3.05, 3.63) is 70.4 Å². The molecule has 2 aromatic rings. The Hall–Kier alpha value is -2.29. The highest BCUT2D eigenvalue weighted by atomic mass is 16.5. The molecule has 0 aromatic heterocycles. The summed E-state index contributed by atoms with van der Waals surface area (Å²) in [5.41, 5.74) is 0.721. The zero-order valence-corrected chi connectivity index (χ0v) is 9.17. The molecule has 0 amide bonds. The van der Waals surface area contributed by atoms with Gasteiger partial charge in [-0.3, -0.25) is 4.79 Å². The fourth-order valence-corrected chi connectivity index (χ4v) is 1.42. The molecule has 86 valence electrons. The summed E-state index contributed by atoms with van der Waals surface area (Å²) in [7, 11) is 0. The maximum absolute atomic E-state index is 11.6. The van der Waals surface area contributed by atoms with Crippen LogP contribution in [0, 0.1) is 0 Å². The van der Waals surface area contributed by atoms with Crippen LogP contribution < -0.4 is 10.2 Å². The van der Waals surface area contributed by atoms with E-state index in [1.807, 2.05) is 30.3 Å². The van der Waals surface area contributed by atoms with E-state index in [1.165, 1.54) is 24.3 Å². The third-order valence-corrected chi connectivity index (χ3v) is 2.27. The Morgan fingerprint density at radius 1 is 1.00 bits per heavy atom. The van der Waals surface area contributed by atoms with Gasteiger partial charge in [0.05, 0.1) is 0 Å². The number of rotatable bonds is 3. The van der Waals surface area contributed by atoms with Gasteiger partial charge in [0.1, 0.15) is 12.4 Å². The average Bonchev–Trinajstić information content (AvgIpc) is 2.50. The summed E-state index contributed by atoms with van der Waals surface area (Å²) in [6.07, 6.45) is 0. The lowest BCUT2D eigenvalue weighted by atomic mass is 10.2. The van der Waals surface area contributed by atoms with Crippen molar-refractivity contribution in [1.82, 2.24) is 0 Å². The van der Waals surface area contributed by atoms with Crippen LogP contribution in [0.5, 0.6) is 11.5 Å². The van der Waals surface area contributed by atoms with Gasteiger partial charge in [0.2, 0.25) is 5.43 Å². The maximum Gasteiger partial charge on any atom is 0.220 e. The van der Waals surface area contributed by atoms with Crippen molar-refractivity contribution >= 4 is 0 Å². The smallest absolute Gasteiger partial charge is 0.220 e. The van der Waals surface area contributed by atoms with Gasteiger partial charge in [-0.25, -0.2) is 0 Å². The van der Waals surface area contributed by atoms with E-state index in [4.69, 9.17) is 4.74 Å². The molecule has 0 aliphatic heterocycles. The van der Waals surface area contributed by atoms with Gasteiger partial charge in [0.15, 0.2) is 5.75 Å². The SMILES string of the molecule is O=c1cccc(O)cc1OCc1ccccc1. The van der Waals surface area contributed by atoms with Crippen molar-refractivity contribution in [2.45, 2.75) is 6.61 Å². The fourth-order valence-electron chi connectivity index (χ4n) is 1.42. The van der Waals surface area contributed by atoms with Gasteiger partial charge in [0, 0.05) is 6.07 Å². The summed E-state index contributed by atoms with van der Waals surface area (Å²) in [4.78, 5) is 11.6. The third-order valence-electron chi connectivity index (χ3n) is 2.27. The number of hydrogen-bond acceptors (Lipinski definition) is 3. The number of aromatic hydroxyl groups is 1. The van der Waals surface area contributed by atoms with E-state index in [0.717, 1.165) is 5.56 Å². The lowest BCUT2D eigenvalue weighted by Crippen LogP contribution is -2.04. The standard InChI is InChI=1S/C14H12O3/c15-12-7-4-8-13(16)14(9-12)17-10-11-5-2-1-3-6-11/h1-9,15H,10H2. The summed E-state index contributed by atoms with van der Waals surface area (Å²) in [5, 5.41) is 9.38. The predicted molar refractivity (Wildman–Crippen MR) is 65.2 cm³/mol. The van der Waals surface area contributed by atoms with Crippen LogP contribution in [0.2, 0.25) is 0 Å². The molecule has 3 nitrogen and oxygen atoms in total. The monoisotopic (exact) mass is 228 g/mol. The second-order valence-electron chi connectivity index (χ2n) is 3.60. The molecule has 0 unspecified atom stereocenters. The van der Waals surface area contributed by atoms with Gasteiger partial charge in [-0.2, -0.15) is 0 Å². The van der Waals surface area contributed by atoms with Gasteiger partial charge in [-0.15, -0.1) is 0 Å². The Kier molecular flexibility index (Phi) is 3.40. The summed E-state index contributed by atoms with van der Waals surface area (Å²) >= 11 is 0. The second kappa shape index (κ2) is 5.16. The third kappa shape index (κ3) is 3.08. The summed E-state index contributed by atoms with van der Waals surface area (Å²) in [6.45, 7) is 0.305. The van der Waals surface area contributed by atoms with Crippen LogP contribution >= 0.6 is 0 Å². The second-order valence-corrected chi connectivity index (χ2v) is 3.60. The van der Waals surface area contributed by atoms with Crippen LogP contribution in [0.1, 0.15) is 5.56 Å². The van der Waals surface area contributed by atoms with E-state index in [1.54, 1.807) is 0 Å². The minimum Gasteiger partial charge on any atom is -0.508 e. The molecule has 2 aromatic carbocycles. The Balaban J connectivity index is 2.18. The Morgan fingerprint density at radius 3 is 2.53 bits per heavy atom. The zero-order chi connectivity index (χ0) is 12.1. The van der Waals surface area contributed by atoms with E-state index in [9.17, 15) is 9.90 Å². The van der Waals surface area contributed by atoms with Gasteiger partial charge in [-0.05, 0) is 17.7 Å². The molecule has 0 fully saturated rings. The number of ether oxygens (including phenoxy) is 1. The van der Waals surface area contributed by atoms with Crippen LogP contribution in [0.3, 0.4) is 0 Å². The quantitative estimate of drug-likeness (QED) is 0.877. The Morgan fingerprint density at radius 2 is 1.76 bits per heavy atom. The van der Waals surface area contributed by atoms with Gasteiger partial charge < -0.3 is 9.84 Å². The first-order chi connectivity index (χ1) is 8.25. The molecule has 0 radical (unpaired) electrons. The van der Waals surface area contributed by atoms with Crippen LogP contribution in [-0.4, -0.2) is 5.11 Å². The molecule has 0 aliphatic carbocycles. The van der Waals surface area contributed by atoms with Gasteiger partial charge in [0.25, 0.3) is 0 Å².